The number of ether oxygens (including phenoxy) is 1. The van der Waals surface area contributed by atoms with Gasteiger partial charge in [-0.25, -0.2) is 0 Å². The Bertz CT molecular complexity index is 680. The minimum atomic E-state index is -1.38. The van der Waals surface area contributed by atoms with E-state index in [0.717, 1.165) is 16.7 Å². The predicted molar refractivity (Wildman–Crippen MR) is 78.3 cm³/mol. The maximum absolute atomic E-state index is 12.1. The van der Waals surface area contributed by atoms with Crippen molar-refractivity contribution in [2.45, 2.75) is 20.8 Å². The van der Waals surface area contributed by atoms with E-state index in [4.69, 9.17) is 4.74 Å². The molecule has 1 heterocycles. The van der Waals surface area contributed by atoms with Crippen molar-refractivity contribution in [1.29, 1.82) is 0 Å². The molecule has 0 saturated heterocycles. The third-order valence-electron chi connectivity index (χ3n) is 3.27. The number of carbonyl (C=O) groups excluding carboxylic acids is 3. The van der Waals surface area contributed by atoms with Gasteiger partial charge in [-0.3, -0.25) is 14.4 Å². The number of cyclic esters (lactones) is 1. The zero-order valence-electron chi connectivity index (χ0n) is 12.2. The average molecular weight is 284 g/mol. The van der Waals surface area contributed by atoms with Crippen molar-refractivity contribution in [2.24, 2.45) is 5.92 Å². The van der Waals surface area contributed by atoms with Crippen molar-refractivity contribution in [3.05, 3.63) is 52.8 Å². The number of rotatable bonds is 3. The van der Waals surface area contributed by atoms with E-state index < -0.39 is 23.5 Å². The number of esters is 1. The third-order valence-corrected chi connectivity index (χ3v) is 3.27. The number of benzene rings is 1. The lowest BCUT2D eigenvalue weighted by Gasteiger charge is -2.15. The fraction of sp³-hybridized carbons (Fsp3) is 0.235. The lowest BCUT2D eigenvalue weighted by molar-refractivity contribution is -0.151. The molecule has 0 N–H and O–H groups in total. The highest BCUT2D eigenvalue weighted by Crippen LogP contribution is 2.17. The number of hydrogen-bond donors (Lipinski definition) is 0. The maximum Gasteiger partial charge on any atom is 0.329 e. The smallest absolute Gasteiger partial charge is 0.329 e. The molecule has 0 amide bonds. The first-order valence-corrected chi connectivity index (χ1v) is 6.61. The van der Waals surface area contributed by atoms with Crippen LogP contribution in [0.1, 0.15) is 23.6 Å². The first-order valence-electron chi connectivity index (χ1n) is 6.61. The van der Waals surface area contributed by atoms with Crippen LogP contribution in [0.3, 0.4) is 0 Å². The lowest BCUT2D eigenvalue weighted by Crippen LogP contribution is -2.34. The number of carbonyl (C=O) groups is 3. The van der Waals surface area contributed by atoms with Gasteiger partial charge in [-0.2, -0.15) is 0 Å². The van der Waals surface area contributed by atoms with Gasteiger partial charge in [0, 0.05) is 6.08 Å². The molecule has 21 heavy (non-hydrogen) atoms. The second kappa shape index (κ2) is 5.87. The van der Waals surface area contributed by atoms with Crippen molar-refractivity contribution in [1.82, 2.24) is 0 Å². The summed E-state index contributed by atoms with van der Waals surface area (Å²) in [6, 6.07) is 5.86. The number of allylic oxidation sites excluding steroid dienone is 3. The quantitative estimate of drug-likeness (QED) is 0.486. The molecule has 1 aromatic rings. The van der Waals surface area contributed by atoms with Gasteiger partial charge in [-0.15, -0.1) is 0 Å². The predicted octanol–water partition coefficient (Wildman–Crippen LogP) is 2.53. The molecule has 0 bridgehead atoms. The lowest BCUT2D eigenvalue weighted by atomic mass is 9.95. The van der Waals surface area contributed by atoms with E-state index in [0.29, 0.717) is 0 Å². The molecule has 0 radical (unpaired) electrons. The molecule has 1 aromatic carbocycles. The monoisotopic (exact) mass is 284 g/mol. The van der Waals surface area contributed by atoms with E-state index in [2.05, 4.69) is 0 Å². The fourth-order valence-corrected chi connectivity index (χ4v) is 2.11. The highest BCUT2D eigenvalue weighted by molar-refractivity contribution is 6.25. The summed E-state index contributed by atoms with van der Waals surface area (Å²) in [5.41, 5.74) is 2.96. The van der Waals surface area contributed by atoms with Gasteiger partial charge in [0.05, 0.1) is 0 Å². The van der Waals surface area contributed by atoms with Crippen LogP contribution in [0.2, 0.25) is 0 Å². The summed E-state index contributed by atoms with van der Waals surface area (Å²) < 4.78 is 4.83. The van der Waals surface area contributed by atoms with Gasteiger partial charge in [0.25, 0.3) is 0 Å². The summed E-state index contributed by atoms with van der Waals surface area (Å²) in [4.78, 5) is 35.5. The van der Waals surface area contributed by atoms with Crippen LogP contribution in [0.4, 0.5) is 0 Å². The summed E-state index contributed by atoms with van der Waals surface area (Å²) >= 11 is 0. The summed E-state index contributed by atoms with van der Waals surface area (Å²) in [6.07, 6.45) is 4.06. The van der Waals surface area contributed by atoms with Crippen LogP contribution in [0.25, 0.3) is 6.08 Å². The molecule has 1 aliphatic rings. The van der Waals surface area contributed by atoms with Crippen LogP contribution in [0.15, 0.2) is 36.1 Å². The van der Waals surface area contributed by atoms with Crippen molar-refractivity contribution in [3.63, 3.8) is 0 Å². The molecular weight excluding hydrogens is 268 g/mol. The van der Waals surface area contributed by atoms with Crippen molar-refractivity contribution < 1.29 is 19.1 Å². The first kappa shape index (κ1) is 14.9. The van der Waals surface area contributed by atoms with Gasteiger partial charge in [-0.05, 0) is 38.0 Å². The summed E-state index contributed by atoms with van der Waals surface area (Å²) in [5, 5.41) is 0. The molecule has 4 heteroatoms. The zero-order chi connectivity index (χ0) is 15.6. The van der Waals surface area contributed by atoms with Crippen LogP contribution < -0.4 is 0 Å². The van der Waals surface area contributed by atoms with Crippen LogP contribution in [-0.4, -0.2) is 17.5 Å². The Balaban J connectivity index is 2.22. The molecule has 1 aliphatic heterocycles. The van der Waals surface area contributed by atoms with Crippen LogP contribution in [0, 0.1) is 19.8 Å². The summed E-state index contributed by atoms with van der Waals surface area (Å²) in [7, 11) is 0. The standard InChI is InChI=1S/C17H16O4/c1-10-4-5-11(2)13(8-10)6-7-14(18)16-15(19)9-12(3)21-17(16)20/h4-9,16H,1-3H3/b7-6+. The molecule has 0 aromatic heterocycles. The van der Waals surface area contributed by atoms with Gasteiger partial charge in [0.15, 0.2) is 17.5 Å². The van der Waals surface area contributed by atoms with E-state index in [-0.39, 0.29) is 5.76 Å². The SMILES string of the molecule is CC1=CC(=O)C(C(=O)/C=C/c2cc(C)ccc2C)C(=O)O1. The first-order chi connectivity index (χ1) is 9.88. The third kappa shape index (κ3) is 3.34. The minimum Gasteiger partial charge on any atom is -0.430 e. The Labute approximate surface area is 123 Å². The maximum atomic E-state index is 12.1. The van der Waals surface area contributed by atoms with E-state index in [9.17, 15) is 14.4 Å². The Hall–Kier alpha value is -2.49. The van der Waals surface area contributed by atoms with Gasteiger partial charge in [0.2, 0.25) is 0 Å². The van der Waals surface area contributed by atoms with Crippen molar-refractivity contribution in [3.8, 4) is 0 Å². The van der Waals surface area contributed by atoms with Crippen LogP contribution >= 0.6 is 0 Å². The van der Waals surface area contributed by atoms with Gasteiger partial charge in [0.1, 0.15) is 5.76 Å². The zero-order valence-corrected chi connectivity index (χ0v) is 12.2. The highest BCUT2D eigenvalue weighted by atomic mass is 16.5. The Morgan fingerprint density at radius 2 is 1.90 bits per heavy atom. The molecule has 0 saturated carbocycles. The largest absolute Gasteiger partial charge is 0.430 e. The molecule has 0 aliphatic carbocycles. The number of ketones is 2. The van der Waals surface area contributed by atoms with Crippen molar-refractivity contribution in [2.75, 3.05) is 0 Å². The minimum absolute atomic E-state index is 0.215. The van der Waals surface area contributed by atoms with Crippen molar-refractivity contribution >= 4 is 23.6 Å². The van der Waals surface area contributed by atoms with Crippen LogP contribution in [-0.2, 0) is 19.1 Å². The average Bonchev–Trinajstić information content (AvgIpc) is 2.38. The highest BCUT2D eigenvalue weighted by Gasteiger charge is 2.36. The topological polar surface area (TPSA) is 60.4 Å². The molecule has 1 atom stereocenters. The Kier molecular flexibility index (Phi) is 4.17. The van der Waals surface area contributed by atoms with E-state index >= 15 is 0 Å². The molecule has 0 spiro atoms. The molecule has 108 valence electrons. The second-order valence-electron chi connectivity index (χ2n) is 5.11. The van der Waals surface area contributed by atoms with E-state index in [1.807, 2.05) is 32.0 Å². The van der Waals surface area contributed by atoms with Crippen LogP contribution in [0.5, 0.6) is 0 Å². The van der Waals surface area contributed by atoms with Gasteiger partial charge >= 0.3 is 5.97 Å². The number of aryl methyl sites for hydroxylation is 2. The Morgan fingerprint density at radius 3 is 2.57 bits per heavy atom. The summed E-state index contributed by atoms with van der Waals surface area (Å²) in [5.74, 6) is -3.06. The normalized spacial score (nSPS) is 18.6. The molecule has 1 unspecified atom stereocenters. The van der Waals surface area contributed by atoms with E-state index in [1.165, 1.54) is 19.1 Å². The molecular formula is C17H16O4. The van der Waals surface area contributed by atoms with Gasteiger partial charge < -0.3 is 4.74 Å². The summed E-state index contributed by atoms with van der Waals surface area (Å²) in [6.45, 7) is 5.38. The van der Waals surface area contributed by atoms with E-state index in [1.54, 1.807) is 6.08 Å². The molecule has 4 nitrogen and oxygen atoms in total. The Morgan fingerprint density at radius 1 is 1.19 bits per heavy atom. The second-order valence-corrected chi connectivity index (χ2v) is 5.11. The fourth-order valence-electron chi connectivity index (χ4n) is 2.11. The molecule has 0 fully saturated rings. The number of hydrogen-bond acceptors (Lipinski definition) is 4. The molecule has 2 rings (SSSR count). The van der Waals surface area contributed by atoms with Gasteiger partial charge in [-0.1, -0.05) is 29.8 Å².